The number of halogens is 1. The first-order valence-electron chi connectivity index (χ1n) is 6.93. The van der Waals surface area contributed by atoms with Crippen molar-refractivity contribution in [2.75, 3.05) is 13.2 Å². The van der Waals surface area contributed by atoms with Gasteiger partial charge in [0.05, 0.1) is 5.56 Å². The first-order valence-corrected chi connectivity index (χ1v) is 7.72. The molecule has 0 aliphatic rings. The van der Waals surface area contributed by atoms with E-state index < -0.39 is 18.5 Å². The van der Waals surface area contributed by atoms with Gasteiger partial charge in [-0.25, -0.2) is 4.79 Å². The van der Waals surface area contributed by atoms with E-state index in [0.717, 1.165) is 4.47 Å². The van der Waals surface area contributed by atoms with E-state index in [4.69, 9.17) is 15.2 Å². The zero-order valence-corrected chi connectivity index (χ0v) is 14.1. The van der Waals surface area contributed by atoms with Crippen LogP contribution in [0.4, 0.5) is 0 Å². The van der Waals surface area contributed by atoms with Crippen LogP contribution in [-0.2, 0) is 9.53 Å². The van der Waals surface area contributed by atoms with Crippen molar-refractivity contribution in [2.24, 2.45) is 5.73 Å². The third-order valence-corrected chi connectivity index (χ3v) is 3.56. The maximum absolute atomic E-state index is 11.9. The Labute approximate surface area is 146 Å². The number of hydrogen-bond donors (Lipinski definition) is 1. The predicted molar refractivity (Wildman–Crippen MR) is 89.9 cm³/mol. The molecule has 2 aromatic carbocycles. The summed E-state index contributed by atoms with van der Waals surface area (Å²) >= 11 is 3.27. The van der Waals surface area contributed by atoms with Crippen molar-refractivity contribution in [3.8, 4) is 5.75 Å². The summed E-state index contributed by atoms with van der Waals surface area (Å²) in [5, 5.41) is 0. The largest absolute Gasteiger partial charge is 0.481 e. The highest BCUT2D eigenvalue weighted by Gasteiger charge is 2.13. The van der Waals surface area contributed by atoms with Crippen molar-refractivity contribution >= 4 is 33.6 Å². The lowest BCUT2D eigenvalue weighted by Crippen LogP contribution is -2.20. The van der Waals surface area contributed by atoms with E-state index in [9.17, 15) is 14.4 Å². The number of nitrogens with two attached hydrogens (primary N) is 1. The van der Waals surface area contributed by atoms with Crippen LogP contribution >= 0.6 is 15.9 Å². The molecule has 0 heterocycles. The molecule has 0 aliphatic heterocycles. The molecule has 0 saturated carbocycles. The fourth-order valence-electron chi connectivity index (χ4n) is 1.84. The fraction of sp³-hybridized carbons (Fsp3) is 0.118. The van der Waals surface area contributed by atoms with Crippen LogP contribution in [0.25, 0.3) is 0 Å². The van der Waals surface area contributed by atoms with Gasteiger partial charge in [0, 0.05) is 10.0 Å². The van der Waals surface area contributed by atoms with Gasteiger partial charge in [-0.3, -0.25) is 9.59 Å². The molecule has 2 N–H and O–H groups in total. The fourth-order valence-corrected chi connectivity index (χ4v) is 2.10. The number of ketones is 1. The summed E-state index contributed by atoms with van der Waals surface area (Å²) in [6.45, 7) is -0.820. The summed E-state index contributed by atoms with van der Waals surface area (Å²) in [4.78, 5) is 34.8. The number of amides is 1. The molecule has 24 heavy (non-hydrogen) atoms. The Bertz CT molecular complexity index is 758. The van der Waals surface area contributed by atoms with Gasteiger partial charge in [0.2, 0.25) is 0 Å². The van der Waals surface area contributed by atoms with E-state index in [1.807, 2.05) is 0 Å². The summed E-state index contributed by atoms with van der Waals surface area (Å²) < 4.78 is 10.9. The summed E-state index contributed by atoms with van der Waals surface area (Å²) in [6.07, 6.45) is 0. The molecule has 0 radical (unpaired) electrons. The Morgan fingerprint density at radius 1 is 0.958 bits per heavy atom. The quantitative estimate of drug-likeness (QED) is 0.577. The lowest BCUT2D eigenvalue weighted by atomic mass is 10.1. The number of esters is 1. The van der Waals surface area contributed by atoms with Crippen LogP contribution in [0.2, 0.25) is 0 Å². The monoisotopic (exact) mass is 391 g/mol. The second-order valence-electron chi connectivity index (χ2n) is 4.74. The average Bonchev–Trinajstić information content (AvgIpc) is 2.58. The van der Waals surface area contributed by atoms with Gasteiger partial charge in [-0.2, -0.15) is 0 Å². The van der Waals surface area contributed by atoms with Crippen LogP contribution in [0.1, 0.15) is 20.7 Å². The summed E-state index contributed by atoms with van der Waals surface area (Å²) in [6, 6.07) is 13.0. The van der Waals surface area contributed by atoms with Crippen LogP contribution < -0.4 is 10.5 Å². The Kier molecular flexibility index (Phi) is 6.08. The topological polar surface area (TPSA) is 95.7 Å². The standard InChI is InChI=1S/C17H14BrNO5/c18-12-7-5-11(6-8-12)14(20)9-24-16(21)10-23-15-4-2-1-3-13(15)17(19)22/h1-8H,9-10H2,(H2,19,22). The van der Waals surface area contributed by atoms with E-state index in [0.29, 0.717) is 5.56 Å². The minimum atomic E-state index is -0.722. The second kappa shape index (κ2) is 8.26. The molecule has 7 heteroatoms. The number of ether oxygens (including phenoxy) is 2. The molecule has 0 aliphatic carbocycles. The third-order valence-electron chi connectivity index (χ3n) is 3.03. The molecule has 0 saturated heterocycles. The summed E-state index contributed by atoms with van der Waals surface area (Å²) in [5.41, 5.74) is 5.81. The SMILES string of the molecule is NC(=O)c1ccccc1OCC(=O)OCC(=O)c1ccc(Br)cc1. The number of carbonyl (C=O) groups is 3. The lowest BCUT2D eigenvalue weighted by Gasteiger charge is -2.09. The number of benzene rings is 2. The normalized spacial score (nSPS) is 10.0. The first-order chi connectivity index (χ1) is 11.5. The van der Waals surface area contributed by atoms with Crippen LogP contribution in [0, 0.1) is 0 Å². The van der Waals surface area contributed by atoms with Crippen LogP contribution in [-0.4, -0.2) is 30.9 Å². The molecule has 1 amide bonds. The van der Waals surface area contributed by atoms with Crippen LogP contribution in [0.15, 0.2) is 53.0 Å². The Hall–Kier alpha value is -2.67. The van der Waals surface area contributed by atoms with Gasteiger partial charge in [-0.15, -0.1) is 0 Å². The van der Waals surface area contributed by atoms with Gasteiger partial charge in [-0.1, -0.05) is 40.2 Å². The Morgan fingerprint density at radius 2 is 1.62 bits per heavy atom. The summed E-state index contributed by atoms with van der Waals surface area (Å²) in [7, 11) is 0. The molecule has 0 fully saturated rings. The molecular weight excluding hydrogens is 378 g/mol. The number of Topliss-reactive ketones (excluding diaryl/α,β-unsaturated/α-hetero) is 1. The molecule has 6 nitrogen and oxygen atoms in total. The maximum Gasteiger partial charge on any atom is 0.344 e. The molecule has 0 aromatic heterocycles. The van der Waals surface area contributed by atoms with Gasteiger partial charge >= 0.3 is 5.97 Å². The van der Waals surface area contributed by atoms with E-state index in [1.54, 1.807) is 36.4 Å². The van der Waals surface area contributed by atoms with Gasteiger partial charge in [-0.05, 0) is 24.3 Å². The van der Waals surface area contributed by atoms with E-state index in [1.165, 1.54) is 12.1 Å². The molecule has 2 rings (SSSR count). The molecule has 0 unspecified atom stereocenters. The highest BCUT2D eigenvalue weighted by Crippen LogP contribution is 2.17. The molecule has 2 aromatic rings. The zero-order valence-electron chi connectivity index (χ0n) is 12.5. The minimum absolute atomic E-state index is 0.163. The predicted octanol–water partition coefficient (Wildman–Crippen LogP) is 2.35. The molecule has 0 bridgehead atoms. The van der Waals surface area contributed by atoms with E-state index in [2.05, 4.69) is 15.9 Å². The average molecular weight is 392 g/mol. The van der Waals surface area contributed by atoms with Crippen molar-refractivity contribution in [1.29, 1.82) is 0 Å². The van der Waals surface area contributed by atoms with Gasteiger partial charge in [0.15, 0.2) is 19.0 Å². The van der Waals surface area contributed by atoms with Gasteiger partial charge < -0.3 is 15.2 Å². The van der Waals surface area contributed by atoms with Gasteiger partial charge in [0.1, 0.15) is 5.75 Å². The van der Waals surface area contributed by atoms with Crippen molar-refractivity contribution in [3.63, 3.8) is 0 Å². The number of para-hydroxylation sites is 1. The molecule has 0 atom stereocenters. The van der Waals surface area contributed by atoms with Crippen LogP contribution in [0.3, 0.4) is 0 Å². The number of primary amides is 1. The van der Waals surface area contributed by atoms with E-state index in [-0.39, 0.29) is 23.7 Å². The smallest absolute Gasteiger partial charge is 0.344 e. The minimum Gasteiger partial charge on any atom is -0.481 e. The number of rotatable bonds is 7. The highest BCUT2D eigenvalue weighted by atomic mass is 79.9. The van der Waals surface area contributed by atoms with Crippen molar-refractivity contribution in [1.82, 2.24) is 0 Å². The van der Waals surface area contributed by atoms with Crippen molar-refractivity contribution in [2.45, 2.75) is 0 Å². The molecular formula is C17H14BrNO5. The molecule has 124 valence electrons. The summed E-state index contributed by atoms with van der Waals surface area (Å²) in [5.74, 6) is -1.53. The van der Waals surface area contributed by atoms with Gasteiger partial charge in [0.25, 0.3) is 5.91 Å². The lowest BCUT2D eigenvalue weighted by molar-refractivity contribution is -0.144. The number of carbonyl (C=O) groups excluding carboxylic acids is 3. The van der Waals surface area contributed by atoms with Crippen molar-refractivity contribution < 1.29 is 23.9 Å². The van der Waals surface area contributed by atoms with Crippen molar-refractivity contribution in [3.05, 3.63) is 64.1 Å². The molecule has 0 spiro atoms. The first kappa shape index (κ1) is 17.7. The second-order valence-corrected chi connectivity index (χ2v) is 5.66. The Morgan fingerprint density at radius 3 is 2.29 bits per heavy atom. The maximum atomic E-state index is 11.9. The Balaban J connectivity index is 1.85. The zero-order chi connectivity index (χ0) is 17.5. The third kappa shape index (κ3) is 4.92. The van der Waals surface area contributed by atoms with E-state index >= 15 is 0 Å². The van der Waals surface area contributed by atoms with Crippen LogP contribution in [0.5, 0.6) is 5.75 Å². The number of hydrogen-bond acceptors (Lipinski definition) is 5. The highest BCUT2D eigenvalue weighted by molar-refractivity contribution is 9.10.